The van der Waals surface area contributed by atoms with Crippen LogP contribution in [0, 0.1) is 22.7 Å². The number of aliphatic hydroxyl groups is 2. The monoisotopic (exact) mass is 180 g/mol. The Kier molecular flexibility index (Phi) is 5.90. The van der Waals surface area contributed by atoms with Crippen molar-refractivity contribution in [3.8, 4) is 12.1 Å². The third-order valence-electron chi connectivity index (χ3n) is 1.01. The molecule has 0 amide bonds. The lowest BCUT2D eigenvalue weighted by Gasteiger charge is -1.91. The van der Waals surface area contributed by atoms with Crippen LogP contribution in [0.15, 0.2) is 22.8 Å². The zero-order valence-electron chi connectivity index (χ0n) is 6.71. The van der Waals surface area contributed by atoms with Crippen molar-refractivity contribution in [3.63, 3.8) is 0 Å². The Balaban J connectivity index is 0.000000310. The van der Waals surface area contributed by atoms with E-state index in [1.165, 1.54) is 12.3 Å². The van der Waals surface area contributed by atoms with E-state index >= 15 is 0 Å². The Morgan fingerprint density at radius 1 is 1.54 bits per heavy atom. The summed E-state index contributed by atoms with van der Waals surface area (Å²) in [5, 5.41) is 31.8. The van der Waals surface area contributed by atoms with Gasteiger partial charge in [-0.15, -0.1) is 0 Å². The quantitative estimate of drug-likeness (QED) is 0.606. The lowest BCUT2D eigenvalue weighted by molar-refractivity contribution is 0.204. The average molecular weight is 180 g/mol. The summed E-state index contributed by atoms with van der Waals surface area (Å²) in [7, 11) is 0. The molecule has 2 N–H and O–H groups in total. The van der Waals surface area contributed by atoms with Gasteiger partial charge in [-0.05, 0) is 12.1 Å². The highest BCUT2D eigenvalue weighted by Gasteiger charge is 2.06. The van der Waals surface area contributed by atoms with Crippen molar-refractivity contribution in [3.05, 3.63) is 24.2 Å². The van der Waals surface area contributed by atoms with Crippen molar-refractivity contribution >= 4 is 0 Å². The molecule has 5 heteroatoms. The first-order valence-corrected chi connectivity index (χ1v) is 3.35. The van der Waals surface area contributed by atoms with Crippen molar-refractivity contribution in [1.29, 1.82) is 10.5 Å². The van der Waals surface area contributed by atoms with Crippen molar-refractivity contribution in [1.82, 2.24) is 0 Å². The molecular formula is C8H8N2O3. The fourth-order valence-corrected chi connectivity index (χ4v) is 0.510. The highest BCUT2D eigenvalue weighted by molar-refractivity contribution is 5.08. The zero-order chi connectivity index (χ0) is 10.1. The largest absolute Gasteiger partial charge is 0.465 e. The van der Waals surface area contributed by atoms with Gasteiger partial charge in [-0.25, -0.2) is 0 Å². The summed E-state index contributed by atoms with van der Waals surface area (Å²) in [6.07, 6.45) is 0.288. The van der Waals surface area contributed by atoms with Crippen LogP contribution in [-0.2, 0) is 0 Å². The summed E-state index contributed by atoms with van der Waals surface area (Å²) in [4.78, 5) is 0. The number of furan rings is 1. The van der Waals surface area contributed by atoms with E-state index in [9.17, 15) is 0 Å². The number of hydrogen-bond donors (Lipinski definition) is 2. The molecule has 0 aliphatic heterocycles. The molecule has 0 bridgehead atoms. The van der Waals surface area contributed by atoms with Gasteiger partial charge in [-0.3, -0.25) is 0 Å². The van der Waals surface area contributed by atoms with Crippen LogP contribution in [0.1, 0.15) is 11.9 Å². The van der Waals surface area contributed by atoms with Gasteiger partial charge in [0.15, 0.2) is 6.10 Å². The Morgan fingerprint density at radius 2 is 2.15 bits per heavy atom. The van der Waals surface area contributed by atoms with E-state index in [0.29, 0.717) is 0 Å². The molecule has 0 radical (unpaired) electrons. The smallest absolute Gasteiger partial charge is 0.198 e. The molecule has 1 aromatic heterocycles. The Hall–Kier alpha value is -1.82. The van der Waals surface area contributed by atoms with Gasteiger partial charge in [0.05, 0.1) is 12.3 Å². The van der Waals surface area contributed by atoms with Crippen molar-refractivity contribution in [2.24, 2.45) is 0 Å². The maximum absolute atomic E-state index is 8.76. The molecule has 0 saturated heterocycles. The van der Waals surface area contributed by atoms with E-state index in [1.54, 1.807) is 18.2 Å². The van der Waals surface area contributed by atoms with Gasteiger partial charge in [0, 0.05) is 0 Å². The second kappa shape index (κ2) is 6.86. The van der Waals surface area contributed by atoms with E-state index in [-0.39, 0.29) is 12.4 Å². The van der Waals surface area contributed by atoms with Crippen LogP contribution in [0.2, 0.25) is 0 Å². The van der Waals surface area contributed by atoms with Gasteiger partial charge in [-0.1, -0.05) is 0 Å². The van der Waals surface area contributed by atoms with Crippen LogP contribution in [0.25, 0.3) is 0 Å². The highest BCUT2D eigenvalue weighted by Crippen LogP contribution is 2.10. The summed E-state index contributed by atoms with van der Waals surface area (Å²) in [6, 6.07) is 6.29. The van der Waals surface area contributed by atoms with Gasteiger partial charge in [0.1, 0.15) is 18.4 Å². The minimum absolute atomic E-state index is 0.289. The van der Waals surface area contributed by atoms with Gasteiger partial charge < -0.3 is 14.6 Å². The predicted octanol–water partition coefficient (Wildman–Crippen LogP) is 0.339. The molecule has 0 aliphatic rings. The van der Waals surface area contributed by atoms with Crippen LogP contribution >= 0.6 is 0 Å². The standard InChI is InChI=1S/C6H5NO2.C2H3NO/c7-4-5(8)6-2-1-3-9-6;3-1-2-4/h1-3,5,8H;4H,2H2. The molecule has 0 aromatic carbocycles. The van der Waals surface area contributed by atoms with Gasteiger partial charge in [0.25, 0.3) is 0 Å². The van der Waals surface area contributed by atoms with E-state index in [1.807, 2.05) is 0 Å². The molecule has 0 fully saturated rings. The first-order chi connectivity index (χ1) is 6.26. The van der Waals surface area contributed by atoms with Crippen molar-refractivity contribution in [2.45, 2.75) is 6.10 Å². The van der Waals surface area contributed by atoms with E-state index in [4.69, 9.17) is 25.2 Å². The van der Waals surface area contributed by atoms with Crippen LogP contribution in [0.5, 0.6) is 0 Å². The van der Waals surface area contributed by atoms with Crippen molar-refractivity contribution in [2.75, 3.05) is 6.61 Å². The summed E-state index contributed by atoms with van der Waals surface area (Å²) in [5.41, 5.74) is 0. The van der Waals surface area contributed by atoms with E-state index in [0.717, 1.165) is 0 Å². The fraction of sp³-hybridized carbons (Fsp3) is 0.250. The number of rotatable bonds is 1. The molecule has 0 spiro atoms. The molecule has 1 aromatic rings. The predicted molar refractivity (Wildman–Crippen MR) is 42.0 cm³/mol. The molecule has 13 heavy (non-hydrogen) atoms. The Morgan fingerprint density at radius 3 is 2.46 bits per heavy atom. The highest BCUT2D eigenvalue weighted by atomic mass is 16.4. The Labute approximate surface area is 75.1 Å². The number of nitriles is 2. The maximum Gasteiger partial charge on any atom is 0.198 e. The lowest BCUT2D eigenvalue weighted by Crippen LogP contribution is -1.88. The van der Waals surface area contributed by atoms with Gasteiger partial charge in [-0.2, -0.15) is 10.5 Å². The molecular weight excluding hydrogens is 172 g/mol. The van der Waals surface area contributed by atoms with Gasteiger partial charge >= 0.3 is 0 Å². The van der Waals surface area contributed by atoms with Crippen LogP contribution in [-0.4, -0.2) is 16.8 Å². The second-order valence-electron chi connectivity index (χ2n) is 1.86. The number of aliphatic hydroxyl groups excluding tert-OH is 2. The molecule has 1 rings (SSSR count). The van der Waals surface area contributed by atoms with Gasteiger partial charge in [0.2, 0.25) is 0 Å². The van der Waals surface area contributed by atoms with Crippen LogP contribution in [0.3, 0.4) is 0 Å². The Bertz CT molecular complexity index is 294. The summed E-state index contributed by atoms with van der Waals surface area (Å²) < 4.78 is 4.71. The average Bonchev–Trinajstić information content (AvgIpc) is 2.70. The molecule has 0 aliphatic carbocycles. The summed E-state index contributed by atoms with van der Waals surface area (Å²) in [5.74, 6) is 0.289. The first kappa shape index (κ1) is 11.2. The molecule has 5 nitrogen and oxygen atoms in total. The minimum atomic E-state index is -1.13. The first-order valence-electron chi connectivity index (χ1n) is 3.35. The topological polar surface area (TPSA) is 101 Å². The maximum atomic E-state index is 8.76. The molecule has 1 heterocycles. The summed E-state index contributed by atoms with van der Waals surface area (Å²) in [6.45, 7) is -0.375. The SMILES string of the molecule is N#CC(O)c1ccco1.N#CCO. The molecule has 0 saturated carbocycles. The third kappa shape index (κ3) is 4.59. The fourth-order valence-electron chi connectivity index (χ4n) is 0.510. The van der Waals surface area contributed by atoms with E-state index < -0.39 is 6.10 Å². The van der Waals surface area contributed by atoms with E-state index in [2.05, 4.69) is 0 Å². The number of hydrogen-bond acceptors (Lipinski definition) is 5. The number of nitrogens with zero attached hydrogens (tertiary/aromatic N) is 2. The zero-order valence-corrected chi connectivity index (χ0v) is 6.71. The summed E-state index contributed by atoms with van der Waals surface area (Å²) >= 11 is 0. The van der Waals surface area contributed by atoms with Crippen LogP contribution < -0.4 is 0 Å². The third-order valence-corrected chi connectivity index (χ3v) is 1.01. The van der Waals surface area contributed by atoms with Crippen LogP contribution in [0.4, 0.5) is 0 Å². The second-order valence-corrected chi connectivity index (χ2v) is 1.86. The van der Waals surface area contributed by atoms with Crippen molar-refractivity contribution < 1.29 is 14.6 Å². The molecule has 1 atom stereocenters. The molecule has 68 valence electrons. The minimum Gasteiger partial charge on any atom is -0.465 e. The normalized spacial score (nSPS) is 10.2. The lowest BCUT2D eigenvalue weighted by atomic mass is 10.3. The molecule has 1 unspecified atom stereocenters.